The fourth-order valence-corrected chi connectivity index (χ4v) is 2.47. The van der Waals surface area contributed by atoms with Gasteiger partial charge >= 0.3 is 5.97 Å². The molecule has 2 rings (SSSR count). The van der Waals surface area contributed by atoms with Crippen LogP contribution in [0.3, 0.4) is 0 Å². The Kier molecular flexibility index (Phi) is 6.00. The maximum Gasteiger partial charge on any atom is 0.338 e. The number of benzene rings is 2. The lowest BCUT2D eigenvalue weighted by Crippen LogP contribution is -2.07. The van der Waals surface area contributed by atoms with Gasteiger partial charge in [0.15, 0.2) is 0 Å². The summed E-state index contributed by atoms with van der Waals surface area (Å²) in [6, 6.07) is 15.8. The van der Waals surface area contributed by atoms with E-state index in [4.69, 9.17) is 4.74 Å². The average molecular weight is 347 g/mol. The van der Waals surface area contributed by atoms with Gasteiger partial charge in [0.1, 0.15) is 0 Å². The second kappa shape index (κ2) is 7.99. The Morgan fingerprint density at radius 1 is 1.14 bits per heavy atom. The van der Waals surface area contributed by atoms with E-state index in [-0.39, 0.29) is 5.97 Å². The molecule has 2 aromatic carbocycles. The molecule has 0 saturated carbocycles. The highest BCUT2D eigenvalue weighted by Gasteiger charge is 2.13. The number of hydrogen-bond acceptors (Lipinski definition) is 2. The first-order valence-corrected chi connectivity index (χ1v) is 8.30. The number of ether oxygens (including phenoxy) is 1. The van der Waals surface area contributed by atoms with Crippen molar-refractivity contribution in [3.8, 4) is 11.1 Å². The molecule has 2 nitrogen and oxygen atoms in total. The molecule has 0 radical (unpaired) electrons. The molecule has 0 aromatic heterocycles. The zero-order valence-electron chi connectivity index (χ0n) is 12.1. The van der Waals surface area contributed by atoms with Crippen molar-refractivity contribution in [2.24, 2.45) is 0 Å². The summed E-state index contributed by atoms with van der Waals surface area (Å²) >= 11 is 3.46. The van der Waals surface area contributed by atoms with Gasteiger partial charge in [0.2, 0.25) is 0 Å². The van der Waals surface area contributed by atoms with Gasteiger partial charge in [0, 0.05) is 5.33 Å². The topological polar surface area (TPSA) is 26.3 Å². The molecule has 0 saturated heterocycles. The van der Waals surface area contributed by atoms with Crippen LogP contribution in [0.15, 0.2) is 48.5 Å². The summed E-state index contributed by atoms with van der Waals surface area (Å²) in [5, 5.41) is 0.796. The first kappa shape index (κ1) is 15.8. The molecule has 0 bridgehead atoms. The highest BCUT2D eigenvalue weighted by atomic mass is 79.9. The Bertz CT molecular complexity index is 608. The molecular weight excluding hydrogens is 328 g/mol. The Morgan fingerprint density at radius 2 is 1.95 bits per heavy atom. The van der Waals surface area contributed by atoms with Crippen LogP contribution in [0.2, 0.25) is 0 Å². The molecule has 3 heteroatoms. The van der Waals surface area contributed by atoms with Crippen molar-refractivity contribution in [1.82, 2.24) is 0 Å². The summed E-state index contributed by atoms with van der Waals surface area (Å²) in [6.07, 6.45) is 1.91. The summed E-state index contributed by atoms with van der Waals surface area (Å²) in [5.41, 5.74) is 3.76. The van der Waals surface area contributed by atoms with E-state index in [0.29, 0.717) is 12.2 Å². The van der Waals surface area contributed by atoms with E-state index >= 15 is 0 Å². The van der Waals surface area contributed by atoms with Crippen LogP contribution in [0.1, 0.15) is 35.7 Å². The van der Waals surface area contributed by atoms with Crippen LogP contribution in [0, 0.1) is 0 Å². The third kappa shape index (κ3) is 4.18. The second-order valence-electron chi connectivity index (χ2n) is 4.87. The van der Waals surface area contributed by atoms with Gasteiger partial charge in [-0.05, 0) is 29.2 Å². The smallest absolute Gasteiger partial charge is 0.338 e. The van der Waals surface area contributed by atoms with Gasteiger partial charge in [-0.15, -0.1) is 0 Å². The molecule has 0 fully saturated rings. The van der Waals surface area contributed by atoms with Crippen LogP contribution in [-0.2, 0) is 10.1 Å². The standard InChI is InChI=1S/C18H19BrO2/c1-2-3-11-21-18(20)17-10-5-4-9-16(17)15-8-6-7-14(12-15)13-19/h4-10,12H,2-3,11,13H2,1H3. The molecule has 0 aliphatic heterocycles. The van der Waals surface area contributed by atoms with Gasteiger partial charge in [0.25, 0.3) is 0 Å². The lowest BCUT2D eigenvalue weighted by molar-refractivity contribution is 0.0500. The van der Waals surface area contributed by atoms with Crippen molar-refractivity contribution in [3.05, 3.63) is 59.7 Å². The number of hydrogen-bond donors (Lipinski definition) is 0. The summed E-state index contributed by atoms with van der Waals surface area (Å²) in [7, 11) is 0. The van der Waals surface area contributed by atoms with Gasteiger partial charge < -0.3 is 4.74 Å². The minimum atomic E-state index is -0.247. The number of rotatable bonds is 6. The quantitative estimate of drug-likeness (QED) is 0.408. The average Bonchev–Trinajstić information content (AvgIpc) is 2.55. The molecule has 0 spiro atoms. The zero-order valence-corrected chi connectivity index (χ0v) is 13.7. The lowest BCUT2D eigenvalue weighted by atomic mass is 9.98. The first-order chi connectivity index (χ1) is 10.3. The number of halogens is 1. The summed E-state index contributed by atoms with van der Waals surface area (Å²) < 4.78 is 5.34. The Balaban J connectivity index is 2.29. The van der Waals surface area contributed by atoms with Crippen molar-refractivity contribution in [2.45, 2.75) is 25.1 Å². The minimum absolute atomic E-state index is 0.247. The van der Waals surface area contributed by atoms with Crippen LogP contribution < -0.4 is 0 Å². The summed E-state index contributed by atoms with van der Waals surface area (Å²) in [6.45, 7) is 2.55. The lowest BCUT2D eigenvalue weighted by Gasteiger charge is -2.10. The highest BCUT2D eigenvalue weighted by Crippen LogP contribution is 2.26. The summed E-state index contributed by atoms with van der Waals surface area (Å²) in [5.74, 6) is -0.247. The van der Waals surface area contributed by atoms with Crippen molar-refractivity contribution in [1.29, 1.82) is 0 Å². The molecular formula is C18H19BrO2. The van der Waals surface area contributed by atoms with Crippen molar-refractivity contribution >= 4 is 21.9 Å². The molecule has 2 aromatic rings. The van der Waals surface area contributed by atoms with E-state index in [1.165, 1.54) is 5.56 Å². The maximum atomic E-state index is 12.2. The molecule has 21 heavy (non-hydrogen) atoms. The van der Waals surface area contributed by atoms with Crippen molar-refractivity contribution in [3.63, 3.8) is 0 Å². The van der Waals surface area contributed by atoms with Crippen molar-refractivity contribution < 1.29 is 9.53 Å². The van der Waals surface area contributed by atoms with E-state index in [2.05, 4.69) is 35.0 Å². The van der Waals surface area contributed by atoms with Crippen molar-refractivity contribution in [2.75, 3.05) is 6.61 Å². The Labute approximate surface area is 134 Å². The van der Waals surface area contributed by atoms with Crippen LogP contribution in [0.4, 0.5) is 0 Å². The number of esters is 1. The monoisotopic (exact) mass is 346 g/mol. The molecule has 0 N–H and O–H groups in total. The largest absolute Gasteiger partial charge is 0.462 e. The van der Waals surface area contributed by atoms with Gasteiger partial charge in [-0.2, -0.15) is 0 Å². The van der Waals surface area contributed by atoms with Gasteiger partial charge in [-0.3, -0.25) is 0 Å². The maximum absolute atomic E-state index is 12.2. The van der Waals surface area contributed by atoms with Crippen LogP contribution in [-0.4, -0.2) is 12.6 Å². The fraction of sp³-hybridized carbons (Fsp3) is 0.278. The third-order valence-corrected chi connectivity index (χ3v) is 3.92. The molecule has 0 aliphatic carbocycles. The zero-order chi connectivity index (χ0) is 15.1. The summed E-state index contributed by atoms with van der Waals surface area (Å²) in [4.78, 5) is 12.2. The van der Waals surface area contributed by atoms with Crippen LogP contribution in [0.25, 0.3) is 11.1 Å². The molecule has 0 unspecified atom stereocenters. The molecule has 0 aliphatic rings. The third-order valence-electron chi connectivity index (χ3n) is 3.27. The first-order valence-electron chi connectivity index (χ1n) is 7.17. The molecule has 110 valence electrons. The van der Waals surface area contributed by atoms with E-state index in [9.17, 15) is 4.79 Å². The number of alkyl halides is 1. The van der Waals surface area contributed by atoms with E-state index in [0.717, 1.165) is 29.3 Å². The normalized spacial score (nSPS) is 10.4. The molecule has 0 atom stereocenters. The Morgan fingerprint density at radius 3 is 2.71 bits per heavy atom. The fourth-order valence-electron chi connectivity index (χ4n) is 2.12. The highest BCUT2D eigenvalue weighted by molar-refractivity contribution is 9.08. The number of carbonyl (C=O) groups excluding carboxylic acids is 1. The van der Waals surface area contributed by atoms with E-state index in [1.807, 2.05) is 36.4 Å². The number of unbranched alkanes of at least 4 members (excludes halogenated alkanes) is 1. The SMILES string of the molecule is CCCCOC(=O)c1ccccc1-c1cccc(CBr)c1. The predicted molar refractivity (Wildman–Crippen MR) is 89.7 cm³/mol. The molecule has 0 heterocycles. The van der Waals surface area contributed by atoms with Gasteiger partial charge in [-0.1, -0.05) is 71.7 Å². The predicted octanol–water partition coefficient (Wildman–Crippen LogP) is 5.21. The minimum Gasteiger partial charge on any atom is -0.462 e. The second-order valence-corrected chi connectivity index (χ2v) is 5.43. The van der Waals surface area contributed by atoms with Crippen LogP contribution in [0.5, 0.6) is 0 Å². The van der Waals surface area contributed by atoms with Crippen LogP contribution >= 0.6 is 15.9 Å². The van der Waals surface area contributed by atoms with Gasteiger partial charge in [0.05, 0.1) is 12.2 Å². The number of carbonyl (C=O) groups is 1. The van der Waals surface area contributed by atoms with E-state index < -0.39 is 0 Å². The molecule has 0 amide bonds. The van der Waals surface area contributed by atoms with E-state index in [1.54, 1.807) is 0 Å². The van der Waals surface area contributed by atoms with Gasteiger partial charge in [-0.25, -0.2) is 4.79 Å². The Hall–Kier alpha value is -1.61.